The van der Waals surface area contributed by atoms with E-state index in [1.807, 2.05) is 0 Å². The molecule has 26 aromatic rings. The number of aromatic nitrogens is 12. The van der Waals surface area contributed by atoms with Gasteiger partial charge in [-0.3, -0.25) is 18.3 Å². The minimum atomic E-state index is 0.543. The molecule has 0 fully saturated rings. The van der Waals surface area contributed by atoms with Crippen LogP contribution < -0.4 is 0 Å². The molecule has 16 aromatic carbocycles. The van der Waals surface area contributed by atoms with Crippen LogP contribution >= 0.6 is 0 Å². The van der Waals surface area contributed by atoms with Crippen molar-refractivity contribution in [2.45, 2.75) is 12.8 Å². The highest BCUT2D eigenvalue weighted by Gasteiger charge is 2.31. The molecule has 27 rings (SSSR count). The van der Waals surface area contributed by atoms with Crippen LogP contribution in [0.1, 0.15) is 17.7 Å². The summed E-state index contributed by atoms with van der Waals surface area (Å²) in [4.78, 5) is 24.0. The van der Waals surface area contributed by atoms with Crippen LogP contribution in [0.15, 0.2) is 382 Å². The molecule has 0 amide bonds. The van der Waals surface area contributed by atoms with Gasteiger partial charge in [-0.15, -0.1) is 0 Å². The van der Waals surface area contributed by atoms with Gasteiger partial charge in [-0.2, -0.15) is 0 Å². The summed E-state index contributed by atoms with van der Waals surface area (Å²) in [7, 11) is 0. The van der Waals surface area contributed by atoms with Crippen molar-refractivity contribution in [2.75, 3.05) is 0 Å². The molecule has 1 aliphatic rings. The summed E-state index contributed by atoms with van der Waals surface area (Å²) in [5.74, 6) is 3.98. The van der Waals surface area contributed by atoms with Gasteiger partial charge < -0.3 is 18.3 Å². The fourth-order valence-corrected chi connectivity index (χ4v) is 20.9. The molecule has 0 bridgehead atoms. The average Bonchev–Trinajstić information content (AvgIpc) is 1.55. The topological polar surface area (TPSA) is 91.0 Å². The van der Waals surface area contributed by atoms with Crippen LogP contribution in [0.3, 0.4) is 0 Å². The van der Waals surface area contributed by atoms with E-state index in [0.717, 1.165) is 195 Å². The van der Waals surface area contributed by atoms with Gasteiger partial charge >= 0.3 is 0 Å². The molecule has 0 unspecified atom stereocenters. The molecule has 568 valence electrons. The van der Waals surface area contributed by atoms with E-state index in [0.29, 0.717) is 23.3 Å². The maximum Gasteiger partial charge on any atom is 0.163 e. The van der Waals surface area contributed by atoms with Gasteiger partial charge in [0.25, 0.3) is 0 Å². The van der Waals surface area contributed by atoms with Gasteiger partial charge in [-0.1, -0.05) is 279 Å². The molecular formula is C110H68N12. The minimum Gasteiger partial charge on any atom is -0.307 e. The normalized spacial score (nSPS) is 12.7. The van der Waals surface area contributed by atoms with Gasteiger partial charge in [0.05, 0.1) is 88.4 Å². The van der Waals surface area contributed by atoms with Crippen molar-refractivity contribution in [2.24, 2.45) is 0 Å². The van der Waals surface area contributed by atoms with Crippen molar-refractivity contribution in [3.05, 3.63) is 393 Å². The quantitative estimate of drug-likeness (QED) is 0.136. The van der Waals surface area contributed by atoms with E-state index in [9.17, 15) is 0 Å². The van der Waals surface area contributed by atoms with Crippen LogP contribution in [0.2, 0.25) is 0 Å². The Kier molecular flexibility index (Phi) is 14.0. The summed E-state index contributed by atoms with van der Waals surface area (Å²) in [5, 5.41) is 17.2. The van der Waals surface area contributed by atoms with Gasteiger partial charge in [0.1, 0.15) is 23.3 Å². The lowest BCUT2D eigenvalue weighted by atomic mass is 10.00. The van der Waals surface area contributed by atoms with E-state index in [-0.39, 0.29) is 0 Å². The molecule has 12 heteroatoms. The second kappa shape index (κ2) is 25.5. The Labute approximate surface area is 696 Å². The van der Waals surface area contributed by atoms with Crippen molar-refractivity contribution < 1.29 is 0 Å². The van der Waals surface area contributed by atoms with E-state index < -0.39 is 0 Å². The van der Waals surface area contributed by atoms with E-state index in [1.165, 1.54) is 37.9 Å². The Bertz CT molecular complexity index is 8750. The molecule has 0 atom stereocenters. The number of rotatable bonds is 10. The first kappa shape index (κ1) is 66.7. The molecule has 0 radical (unpaired) electrons. The highest BCUT2D eigenvalue weighted by Crippen LogP contribution is 2.49. The van der Waals surface area contributed by atoms with Crippen molar-refractivity contribution in [1.29, 1.82) is 0 Å². The highest BCUT2D eigenvalue weighted by atomic mass is 15.2. The second-order valence-corrected chi connectivity index (χ2v) is 32.3. The highest BCUT2D eigenvalue weighted by molar-refractivity contribution is 6.28. The van der Waals surface area contributed by atoms with Gasteiger partial charge in [0.2, 0.25) is 0 Å². The van der Waals surface area contributed by atoms with Crippen LogP contribution in [0.5, 0.6) is 0 Å². The zero-order chi connectivity index (χ0) is 79.5. The fraction of sp³-hybridized carbons (Fsp3) is 0.0182. The SMILES string of the molecule is C1=Cc2c(c3ccc4c5ccccc5n(-c5ccccc5)c4c3n2-c2cc(-n3c4ccccc4c4ccc5c6ccccc6n(-c6ccccc6)c5c43)nc(-c3ccc(-c4nc(-n5c6ccccc6c6ccc7c8ccccc8n(-c8ccccc8)c7c65)cc(-n5c6ccccc6c6ccc7c8ccccc8n(-c8ccccc8)c7c65)n4)cc3)n2)CC1. The van der Waals surface area contributed by atoms with Crippen LogP contribution in [0.4, 0.5) is 0 Å². The number of para-hydroxylation sites is 11. The molecule has 122 heavy (non-hydrogen) atoms. The Hall–Kier alpha value is -16.4. The number of benzene rings is 16. The Morgan fingerprint density at radius 3 is 0.689 bits per heavy atom. The smallest absolute Gasteiger partial charge is 0.163 e. The first-order chi connectivity index (χ1) is 60.6. The molecule has 0 saturated carbocycles. The van der Waals surface area contributed by atoms with Crippen molar-refractivity contribution in [1.82, 2.24) is 56.5 Å². The van der Waals surface area contributed by atoms with Gasteiger partial charge in [-0.25, -0.2) is 19.9 Å². The maximum atomic E-state index is 6.00. The summed E-state index contributed by atoms with van der Waals surface area (Å²) >= 11 is 0. The Morgan fingerprint density at radius 1 is 0.189 bits per heavy atom. The van der Waals surface area contributed by atoms with E-state index in [1.54, 1.807) is 0 Å². The predicted molar refractivity (Wildman–Crippen MR) is 503 cm³/mol. The van der Waals surface area contributed by atoms with Crippen molar-refractivity contribution in [3.8, 4) is 68.8 Å². The Balaban J connectivity index is 0.748. The zero-order valence-corrected chi connectivity index (χ0v) is 65.7. The van der Waals surface area contributed by atoms with Crippen LogP contribution in [0, 0.1) is 0 Å². The summed E-state index contributed by atoms with van der Waals surface area (Å²) in [5.41, 5.74) is 24.5. The van der Waals surface area contributed by atoms with Gasteiger partial charge in [0.15, 0.2) is 11.6 Å². The third kappa shape index (κ3) is 9.34. The second-order valence-electron chi connectivity index (χ2n) is 32.3. The predicted octanol–water partition coefficient (Wildman–Crippen LogP) is 27.2. The van der Waals surface area contributed by atoms with E-state index in [2.05, 4.69) is 425 Å². The first-order valence-corrected chi connectivity index (χ1v) is 41.8. The minimum absolute atomic E-state index is 0.543. The summed E-state index contributed by atoms with van der Waals surface area (Å²) in [6.07, 6.45) is 6.45. The average molecular weight is 1560 g/mol. The molecule has 0 spiro atoms. The third-order valence-corrected chi connectivity index (χ3v) is 25.9. The molecular weight excluding hydrogens is 1490 g/mol. The lowest BCUT2D eigenvalue weighted by molar-refractivity contribution is 0.936. The molecule has 0 aliphatic heterocycles. The Morgan fingerprint density at radius 2 is 0.410 bits per heavy atom. The molecule has 10 heterocycles. The summed E-state index contributed by atoms with van der Waals surface area (Å²) < 4.78 is 19.5. The number of allylic oxidation sites excluding steroid dienone is 1. The summed E-state index contributed by atoms with van der Waals surface area (Å²) in [6, 6.07) is 137. The fourth-order valence-electron chi connectivity index (χ4n) is 20.9. The largest absolute Gasteiger partial charge is 0.307 e. The summed E-state index contributed by atoms with van der Waals surface area (Å²) in [6.45, 7) is 0. The van der Waals surface area contributed by atoms with Crippen molar-refractivity contribution in [3.63, 3.8) is 0 Å². The molecule has 0 saturated heterocycles. The number of nitrogens with zero attached hydrogens (tertiary/aromatic N) is 12. The van der Waals surface area contributed by atoms with Crippen LogP contribution in [0.25, 0.3) is 238 Å². The maximum absolute atomic E-state index is 6.00. The lowest BCUT2D eigenvalue weighted by Gasteiger charge is -2.17. The number of hydrogen-bond acceptors (Lipinski definition) is 4. The molecule has 0 N–H and O–H groups in total. The van der Waals surface area contributed by atoms with Gasteiger partial charge in [0, 0.05) is 127 Å². The monoisotopic (exact) mass is 1560 g/mol. The molecule has 1 aliphatic carbocycles. The number of hydrogen-bond donors (Lipinski definition) is 0. The first-order valence-electron chi connectivity index (χ1n) is 41.8. The van der Waals surface area contributed by atoms with Crippen LogP contribution in [-0.4, -0.2) is 56.5 Å². The van der Waals surface area contributed by atoms with Gasteiger partial charge in [-0.05, 0) is 115 Å². The molecule has 12 nitrogen and oxygen atoms in total. The third-order valence-electron chi connectivity index (χ3n) is 25.9. The zero-order valence-electron chi connectivity index (χ0n) is 65.7. The van der Waals surface area contributed by atoms with E-state index in [4.69, 9.17) is 19.9 Å². The molecule has 10 aromatic heterocycles. The number of fused-ring (bicyclic) bond motifs is 28. The lowest BCUT2D eigenvalue weighted by Crippen LogP contribution is -2.09. The van der Waals surface area contributed by atoms with Crippen molar-refractivity contribution >= 4 is 170 Å². The standard InChI is InChI=1S/C110H68N12/c1-5-29-69(30-6-1)115-89-45-21-13-37-73(89)81-57-61-85-77-41-17-25-49-93(77)119(105(85)101(81)115)97-65-98(120-94-50-26-18-42-78(94)86-62-58-82-74-38-14-22-46-90(74)116(102(82)106(86)120)70-31-7-2-8-32-70)112-109(111-97)67-53-55-68(56-54-67)110-113-99(121-95-51-27-19-43-79(95)87-63-59-83-75-39-15-23-47-91(75)117(103(83)107(87)121)71-33-9-3-10-34-71)66-100(114-110)122-96-52-28-20-44-80(96)88-64-60-84-76-40-16-24-48-92(76)118(104(84)108(88)122)72-35-11-4-12-36-72/h1-19,21-43,45-66H,20,44H2. The van der Waals surface area contributed by atoms with E-state index >= 15 is 0 Å². The van der Waals surface area contributed by atoms with Crippen LogP contribution in [-0.2, 0) is 6.42 Å². The number of aryl methyl sites for hydroxylation is 1.